The van der Waals surface area contributed by atoms with E-state index in [0.29, 0.717) is 22.2 Å². The van der Waals surface area contributed by atoms with Gasteiger partial charge in [-0.1, -0.05) is 41.4 Å². The molecule has 0 aromatic heterocycles. The molecule has 0 atom stereocenters. The highest BCUT2D eigenvalue weighted by atomic mass is 35.5. The van der Waals surface area contributed by atoms with Gasteiger partial charge in [-0.3, -0.25) is 4.79 Å². The predicted molar refractivity (Wildman–Crippen MR) is 97.6 cm³/mol. The van der Waals surface area contributed by atoms with Gasteiger partial charge in [-0.15, -0.1) is 0 Å². The molecule has 122 valence electrons. The Morgan fingerprint density at radius 1 is 0.870 bits per heavy atom. The summed E-state index contributed by atoms with van der Waals surface area (Å²) < 4.78 is 0. The lowest BCUT2D eigenvalue weighted by atomic mass is 10.2. The maximum absolute atomic E-state index is 11.8. The van der Waals surface area contributed by atoms with Crippen LogP contribution in [0, 0.1) is 0 Å². The number of hydrogen-bond donors (Lipinski definition) is 2. The number of unbranched alkanes of at least 4 members (excludes halogenated alkanes) is 2. The molecule has 0 aliphatic heterocycles. The highest BCUT2D eigenvalue weighted by Gasteiger charge is 2.02. The topological polar surface area (TPSA) is 41.1 Å². The third-order valence-corrected chi connectivity index (χ3v) is 4.16. The lowest BCUT2D eigenvalue weighted by Gasteiger charge is -2.08. The lowest BCUT2D eigenvalue weighted by Crippen LogP contribution is -2.24. The van der Waals surface area contributed by atoms with Crippen molar-refractivity contribution in [2.45, 2.75) is 19.3 Å². The van der Waals surface area contributed by atoms with Gasteiger partial charge in [-0.25, -0.2) is 0 Å². The number of amides is 1. The molecule has 23 heavy (non-hydrogen) atoms. The molecule has 2 aromatic rings. The van der Waals surface area contributed by atoms with Crippen molar-refractivity contribution >= 4 is 34.8 Å². The minimum absolute atomic E-state index is 0.0143. The molecule has 5 heteroatoms. The highest BCUT2D eigenvalue weighted by Crippen LogP contribution is 2.24. The van der Waals surface area contributed by atoms with Crippen LogP contribution >= 0.6 is 23.2 Å². The molecule has 0 heterocycles. The highest BCUT2D eigenvalue weighted by molar-refractivity contribution is 6.42. The fraction of sp³-hybridized carbons (Fsp3) is 0.278. The second kappa shape index (κ2) is 9.43. The second-order valence-electron chi connectivity index (χ2n) is 5.24. The van der Waals surface area contributed by atoms with E-state index in [4.69, 9.17) is 23.2 Å². The molecule has 0 aliphatic carbocycles. The summed E-state index contributed by atoms with van der Waals surface area (Å²) in [5.41, 5.74) is 1.67. The fourth-order valence-electron chi connectivity index (χ4n) is 2.16. The molecule has 2 N–H and O–H groups in total. The third-order valence-electron chi connectivity index (χ3n) is 3.42. The molecule has 0 bridgehead atoms. The number of nitrogens with one attached hydrogen (secondary N) is 2. The number of carbonyl (C=O) groups is 1. The number of halogens is 2. The van der Waals surface area contributed by atoms with Crippen LogP contribution in [-0.4, -0.2) is 19.0 Å². The summed E-state index contributed by atoms with van der Waals surface area (Å²) in [6.45, 7) is 1.56. The van der Waals surface area contributed by atoms with Gasteiger partial charge in [0.1, 0.15) is 0 Å². The largest absolute Gasteiger partial charge is 0.385 e. The standard InChI is InChI=1S/C18H20Cl2N2O/c19-16-10-9-15(13-17(16)20)21-11-5-2-6-12-22-18(23)14-7-3-1-4-8-14/h1,3-4,7-10,13,21H,2,5-6,11-12H2,(H,22,23). The Hall–Kier alpha value is -1.71. The lowest BCUT2D eigenvalue weighted by molar-refractivity contribution is 0.0953. The van der Waals surface area contributed by atoms with Crippen LogP contribution in [0.2, 0.25) is 10.0 Å². The van der Waals surface area contributed by atoms with Gasteiger partial charge in [-0.05, 0) is 49.6 Å². The van der Waals surface area contributed by atoms with Gasteiger partial charge in [0, 0.05) is 24.3 Å². The monoisotopic (exact) mass is 350 g/mol. The van der Waals surface area contributed by atoms with Crippen LogP contribution in [0.15, 0.2) is 48.5 Å². The van der Waals surface area contributed by atoms with Gasteiger partial charge in [-0.2, -0.15) is 0 Å². The first-order valence-electron chi connectivity index (χ1n) is 7.69. The van der Waals surface area contributed by atoms with Crippen LogP contribution < -0.4 is 10.6 Å². The second-order valence-corrected chi connectivity index (χ2v) is 6.05. The molecule has 0 fully saturated rings. The van der Waals surface area contributed by atoms with E-state index in [1.807, 2.05) is 42.5 Å². The molecular weight excluding hydrogens is 331 g/mol. The average Bonchev–Trinajstić information content (AvgIpc) is 2.57. The molecule has 2 aromatic carbocycles. The van der Waals surface area contributed by atoms with E-state index in [0.717, 1.165) is 31.5 Å². The molecule has 0 saturated heterocycles. The molecule has 3 nitrogen and oxygen atoms in total. The van der Waals surface area contributed by atoms with Gasteiger partial charge < -0.3 is 10.6 Å². The summed E-state index contributed by atoms with van der Waals surface area (Å²) in [4.78, 5) is 11.8. The minimum atomic E-state index is -0.0143. The molecule has 0 saturated carbocycles. The van der Waals surface area contributed by atoms with Gasteiger partial charge in [0.2, 0.25) is 0 Å². The predicted octanol–water partition coefficient (Wildman–Crippen LogP) is 5.01. The van der Waals surface area contributed by atoms with Crippen LogP contribution in [0.1, 0.15) is 29.6 Å². The van der Waals surface area contributed by atoms with Crippen LogP contribution in [0.5, 0.6) is 0 Å². The van der Waals surface area contributed by atoms with Crippen molar-refractivity contribution in [2.75, 3.05) is 18.4 Å². The zero-order valence-electron chi connectivity index (χ0n) is 12.8. The van der Waals surface area contributed by atoms with Gasteiger partial charge in [0.25, 0.3) is 5.91 Å². The molecule has 0 spiro atoms. The van der Waals surface area contributed by atoms with Gasteiger partial charge >= 0.3 is 0 Å². The first-order chi connectivity index (χ1) is 11.2. The zero-order valence-corrected chi connectivity index (χ0v) is 14.3. The average molecular weight is 351 g/mol. The molecule has 1 amide bonds. The number of carbonyl (C=O) groups excluding carboxylic acids is 1. The van der Waals surface area contributed by atoms with Gasteiger partial charge in [0.05, 0.1) is 10.0 Å². The van der Waals surface area contributed by atoms with Gasteiger partial charge in [0.15, 0.2) is 0 Å². The Kier molecular flexibility index (Phi) is 7.24. The fourth-order valence-corrected chi connectivity index (χ4v) is 2.46. The summed E-state index contributed by atoms with van der Waals surface area (Å²) in [6, 6.07) is 14.8. The van der Waals surface area contributed by atoms with Crippen LogP contribution in [0.3, 0.4) is 0 Å². The number of anilines is 1. The quantitative estimate of drug-likeness (QED) is 0.657. The van der Waals surface area contributed by atoms with Crippen LogP contribution in [0.4, 0.5) is 5.69 Å². The minimum Gasteiger partial charge on any atom is -0.385 e. The smallest absolute Gasteiger partial charge is 0.251 e. The maximum Gasteiger partial charge on any atom is 0.251 e. The Morgan fingerprint density at radius 3 is 2.35 bits per heavy atom. The van der Waals surface area contributed by atoms with Crippen molar-refractivity contribution < 1.29 is 4.79 Å². The van der Waals surface area contributed by atoms with Crippen molar-refractivity contribution in [1.82, 2.24) is 5.32 Å². The Morgan fingerprint density at radius 2 is 1.61 bits per heavy atom. The summed E-state index contributed by atoms with van der Waals surface area (Å²) in [5.74, 6) is -0.0143. The van der Waals surface area contributed by atoms with Crippen molar-refractivity contribution in [2.24, 2.45) is 0 Å². The number of rotatable bonds is 8. The zero-order chi connectivity index (χ0) is 16.5. The molecule has 2 rings (SSSR count). The van der Waals surface area contributed by atoms with E-state index in [-0.39, 0.29) is 5.91 Å². The van der Waals surface area contributed by atoms with E-state index in [9.17, 15) is 4.79 Å². The van der Waals surface area contributed by atoms with E-state index in [1.54, 1.807) is 6.07 Å². The third kappa shape index (κ3) is 6.12. The molecular formula is C18H20Cl2N2O. The van der Waals surface area contributed by atoms with E-state index < -0.39 is 0 Å². The Bertz CT molecular complexity index is 632. The number of benzene rings is 2. The van der Waals surface area contributed by atoms with Crippen molar-refractivity contribution in [3.63, 3.8) is 0 Å². The van der Waals surface area contributed by atoms with Crippen LogP contribution in [0.25, 0.3) is 0 Å². The molecule has 0 unspecified atom stereocenters. The first kappa shape index (κ1) is 17.6. The van der Waals surface area contributed by atoms with Crippen molar-refractivity contribution in [1.29, 1.82) is 0 Å². The molecule has 0 aliphatic rings. The molecule has 0 radical (unpaired) electrons. The first-order valence-corrected chi connectivity index (χ1v) is 8.44. The summed E-state index contributed by atoms with van der Waals surface area (Å²) in [6.07, 6.45) is 3.03. The Labute approximate surface area is 147 Å². The SMILES string of the molecule is O=C(NCCCCCNc1ccc(Cl)c(Cl)c1)c1ccccc1. The number of hydrogen-bond acceptors (Lipinski definition) is 2. The van der Waals surface area contributed by atoms with E-state index in [2.05, 4.69) is 10.6 Å². The maximum atomic E-state index is 11.8. The summed E-state index contributed by atoms with van der Waals surface area (Å²) in [5, 5.41) is 7.35. The Balaban J connectivity index is 1.56. The normalized spacial score (nSPS) is 10.3. The van der Waals surface area contributed by atoms with E-state index in [1.165, 1.54) is 0 Å². The van der Waals surface area contributed by atoms with Crippen molar-refractivity contribution in [3.05, 3.63) is 64.1 Å². The van der Waals surface area contributed by atoms with Crippen LogP contribution in [-0.2, 0) is 0 Å². The summed E-state index contributed by atoms with van der Waals surface area (Å²) in [7, 11) is 0. The van der Waals surface area contributed by atoms with Crippen molar-refractivity contribution in [3.8, 4) is 0 Å². The summed E-state index contributed by atoms with van der Waals surface area (Å²) >= 11 is 11.8. The van der Waals surface area contributed by atoms with E-state index >= 15 is 0 Å².